The van der Waals surface area contributed by atoms with Crippen LogP contribution in [0, 0.1) is 18.7 Å². The molecule has 41 heavy (non-hydrogen) atoms. The number of aromatic nitrogens is 2. The Kier molecular flexibility index (Phi) is 8.53. The summed E-state index contributed by atoms with van der Waals surface area (Å²) in [5, 5.41) is 20.0. The number of aliphatic hydroxyl groups excluding tert-OH is 2. The van der Waals surface area contributed by atoms with Crippen LogP contribution < -0.4 is 0 Å². The van der Waals surface area contributed by atoms with E-state index in [1.165, 1.54) is 17.7 Å². The zero-order chi connectivity index (χ0) is 29.6. The van der Waals surface area contributed by atoms with Gasteiger partial charge in [0, 0.05) is 69.0 Å². The van der Waals surface area contributed by atoms with Gasteiger partial charge in [0.05, 0.1) is 29.5 Å². The number of β-amino-alcohol motifs (C(OH)–C–C–N with tert-alkyl or cyclic N) is 2. The minimum atomic E-state index is -0.677. The van der Waals surface area contributed by atoms with Crippen molar-refractivity contribution in [2.24, 2.45) is 5.92 Å². The van der Waals surface area contributed by atoms with E-state index in [2.05, 4.69) is 45.3 Å². The summed E-state index contributed by atoms with van der Waals surface area (Å²) in [5.74, 6) is 0.982. The Bertz CT molecular complexity index is 1390. The second kappa shape index (κ2) is 11.8. The van der Waals surface area contributed by atoms with Gasteiger partial charge in [0.2, 0.25) is 0 Å². The van der Waals surface area contributed by atoms with E-state index < -0.39 is 18.0 Å². The molecule has 0 aliphatic carbocycles. The van der Waals surface area contributed by atoms with E-state index in [0.29, 0.717) is 48.6 Å². The average Bonchev–Trinajstić information content (AvgIpc) is 3.42. The van der Waals surface area contributed by atoms with E-state index in [-0.39, 0.29) is 11.9 Å². The largest absolute Gasteiger partial charge is 0.389 e. The number of fused-ring (bicyclic) bond motifs is 1. The molecule has 0 spiro atoms. The smallest absolute Gasteiger partial charge is 0.254 e. The summed E-state index contributed by atoms with van der Waals surface area (Å²) in [4.78, 5) is 24.6. The van der Waals surface area contributed by atoms with Gasteiger partial charge in [0.25, 0.3) is 5.91 Å². The van der Waals surface area contributed by atoms with Crippen molar-refractivity contribution in [1.29, 1.82) is 0 Å². The molecule has 1 aromatic carbocycles. The maximum atomic E-state index is 14.5. The molecule has 2 aliphatic heterocycles. The van der Waals surface area contributed by atoms with Crippen molar-refractivity contribution >= 4 is 11.4 Å². The summed E-state index contributed by atoms with van der Waals surface area (Å²) in [6.07, 6.45) is 2.62. The Hall–Kier alpha value is -2.85. The highest BCUT2D eigenvalue weighted by Gasteiger charge is 2.38. The standard InChI is InChI=1S/C32H44FN5O3/c1-7-37(20(4)5)32(41)27-11-24(33)8-9-25(27)26-10-22(15-38-21(6)34-12-28(26)38)23-13-36(14-23)29(19(2)3)16-35-17-30(39)31(40)18-35/h8-12,15,19-20,23,29-31,39-40H,7,13-14,16-18H2,1-6H3/t29-,30-,31-/m1/s1. The Balaban J connectivity index is 1.46. The Morgan fingerprint density at radius 1 is 1.07 bits per heavy atom. The van der Waals surface area contributed by atoms with Gasteiger partial charge in [0.1, 0.15) is 11.6 Å². The van der Waals surface area contributed by atoms with Gasteiger partial charge < -0.3 is 19.5 Å². The zero-order valence-electron chi connectivity index (χ0n) is 25.1. The summed E-state index contributed by atoms with van der Waals surface area (Å²) in [6.45, 7) is 16.5. The SMILES string of the molecule is CCN(C(=O)c1cc(F)ccc1-c1cc(C2CN([C@H](CN3C[C@@H](O)[C@H](O)C3)C(C)C)C2)cn2c(C)ncc12)C(C)C. The highest BCUT2D eigenvalue weighted by molar-refractivity contribution is 6.03. The molecule has 9 heteroatoms. The van der Waals surface area contributed by atoms with E-state index in [4.69, 9.17) is 0 Å². The highest BCUT2D eigenvalue weighted by atomic mass is 19.1. The molecule has 3 atom stereocenters. The molecule has 0 radical (unpaired) electrons. The fraction of sp³-hybridized carbons (Fsp3) is 0.562. The molecule has 2 saturated heterocycles. The molecule has 0 unspecified atom stereocenters. The molecule has 4 heterocycles. The van der Waals surface area contributed by atoms with Crippen LogP contribution in [0.5, 0.6) is 0 Å². The molecule has 0 saturated carbocycles. The topological polar surface area (TPSA) is 84.6 Å². The van der Waals surface area contributed by atoms with Crippen molar-refractivity contribution in [3.05, 3.63) is 59.4 Å². The third-order valence-corrected chi connectivity index (χ3v) is 8.97. The van der Waals surface area contributed by atoms with Crippen LogP contribution in [-0.2, 0) is 0 Å². The number of aryl methyl sites for hydroxylation is 1. The maximum Gasteiger partial charge on any atom is 0.254 e. The molecular formula is C32H44FN5O3. The van der Waals surface area contributed by atoms with Crippen molar-refractivity contribution in [1.82, 2.24) is 24.1 Å². The van der Waals surface area contributed by atoms with Crippen LogP contribution in [0.25, 0.3) is 16.6 Å². The first-order valence-electron chi connectivity index (χ1n) is 14.9. The Morgan fingerprint density at radius 2 is 1.76 bits per heavy atom. The van der Waals surface area contributed by atoms with Crippen molar-refractivity contribution in [2.45, 2.75) is 71.8 Å². The number of benzene rings is 1. The van der Waals surface area contributed by atoms with Gasteiger partial charge in [-0.1, -0.05) is 19.9 Å². The number of nitrogens with zero attached hydrogens (tertiary/aromatic N) is 5. The monoisotopic (exact) mass is 565 g/mol. The number of amides is 1. The lowest BCUT2D eigenvalue weighted by molar-refractivity contribution is 0.0421. The summed E-state index contributed by atoms with van der Waals surface area (Å²) in [7, 11) is 0. The third kappa shape index (κ3) is 5.78. The summed E-state index contributed by atoms with van der Waals surface area (Å²) >= 11 is 0. The first-order valence-corrected chi connectivity index (χ1v) is 14.9. The fourth-order valence-electron chi connectivity index (χ4n) is 6.51. The summed E-state index contributed by atoms with van der Waals surface area (Å²) < 4.78 is 16.6. The number of halogens is 1. The second-order valence-corrected chi connectivity index (χ2v) is 12.4. The van der Waals surface area contributed by atoms with Gasteiger partial charge in [-0.15, -0.1) is 0 Å². The predicted molar refractivity (Wildman–Crippen MR) is 159 cm³/mol. The molecule has 2 aliphatic rings. The van der Waals surface area contributed by atoms with Gasteiger partial charge in [-0.25, -0.2) is 9.37 Å². The quantitative estimate of drug-likeness (QED) is 0.411. The van der Waals surface area contributed by atoms with Crippen molar-refractivity contribution in [3.8, 4) is 11.1 Å². The molecule has 2 aromatic heterocycles. The average molecular weight is 566 g/mol. The van der Waals surface area contributed by atoms with Crippen LogP contribution >= 0.6 is 0 Å². The number of likely N-dealkylation sites (tertiary alicyclic amines) is 2. The van der Waals surface area contributed by atoms with Crippen molar-refractivity contribution in [3.63, 3.8) is 0 Å². The predicted octanol–water partition coefficient (Wildman–Crippen LogP) is 3.78. The molecule has 222 valence electrons. The molecular weight excluding hydrogens is 521 g/mol. The van der Waals surface area contributed by atoms with Crippen LogP contribution in [0.15, 0.2) is 36.7 Å². The Labute approximate surface area is 242 Å². The molecule has 2 N–H and O–H groups in total. The lowest BCUT2D eigenvalue weighted by Crippen LogP contribution is -2.56. The van der Waals surface area contributed by atoms with Crippen molar-refractivity contribution < 1.29 is 19.4 Å². The summed E-state index contributed by atoms with van der Waals surface area (Å²) in [6, 6.07) is 6.98. The van der Waals surface area contributed by atoms with E-state index in [0.717, 1.165) is 36.5 Å². The van der Waals surface area contributed by atoms with E-state index in [1.807, 2.05) is 33.9 Å². The number of carbonyl (C=O) groups excluding carboxylic acids is 1. The number of hydrogen-bond donors (Lipinski definition) is 2. The minimum Gasteiger partial charge on any atom is -0.389 e. The van der Waals surface area contributed by atoms with E-state index >= 15 is 0 Å². The van der Waals surface area contributed by atoms with Crippen LogP contribution in [0.4, 0.5) is 4.39 Å². The summed E-state index contributed by atoms with van der Waals surface area (Å²) in [5.41, 5.74) is 4.01. The normalized spacial score (nSPS) is 21.2. The van der Waals surface area contributed by atoms with E-state index in [1.54, 1.807) is 11.0 Å². The van der Waals surface area contributed by atoms with Crippen LogP contribution in [0.2, 0.25) is 0 Å². The number of pyridine rings is 1. The number of aliphatic hydroxyl groups is 2. The third-order valence-electron chi connectivity index (χ3n) is 8.97. The number of carbonyl (C=O) groups is 1. The van der Waals surface area contributed by atoms with Gasteiger partial charge in [-0.05, 0) is 62.9 Å². The lowest BCUT2D eigenvalue weighted by Gasteiger charge is -2.47. The van der Waals surface area contributed by atoms with Crippen LogP contribution in [0.1, 0.15) is 62.3 Å². The van der Waals surface area contributed by atoms with Crippen LogP contribution in [-0.4, -0.2) is 104 Å². The van der Waals surface area contributed by atoms with E-state index in [9.17, 15) is 19.4 Å². The molecule has 1 amide bonds. The van der Waals surface area contributed by atoms with Crippen LogP contribution in [0.3, 0.4) is 0 Å². The molecule has 5 rings (SSSR count). The first kappa shape index (κ1) is 29.6. The molecule has 0 bridgehead atoms. The van der Waals surface area contributed by atoms with Gasteiger partial charge in [-0.2, -0.15) is 0 Å². The molecule has 3 aromatic rings. The number of rotatable bonds is 9. The van der Waals surface area contributed by atoms with Crippen molar-refractivity contribution in [2.75, 3.05) is 39.3 Å². The fourth-order valence-corrected chi connectivity index (χ4v) is 6.51. The van der Waals surface area contributed by atoms with Gasteiger partial charge in [-0.3, -0.25) is 14.6 Å². The first-order chi connectivity index (χ1) is 19.5. The molecule has 2 fully saturated rings. The van der Waals surface area contributed by atoms with Gasteiger partial charge >= 0.3 is 0 Å². The maximum absolute atomic E-state index is 14.5. The lowest BCUT2D eigenvalue weighted by atomic mass is 9.86. The Morgan fingerprint density at radius 3 is 2.37 bits per heavy atom. The minimum absolute atomic E-state index is 0.00543. The number of hydrogen-bond acceptors (Lipinski definition) is 6. The zero-order valence-corrected chi connectivity index (χ0v) is 25.1. The number of imidazole rings is 1. The molecule has 8 nitrogen and oxygen atoms in total. The highest BCUT2D eigenvalue weighted by Crippen LogP contribution is 2.37. The van der Waals surface area contributed by atoms with Gasteiger partial charge in [0.15, 0.2) is 0 Å². The second-order valence-electron chi connectivity index (χ2n) is 12.4.